The van der Waals surface area contributed by atoms with Crippen LogP contribution in [0.4, 0.5) is 4.79 Å². The Morgan fingerprint density at radius 1 is 1.40 bits per heavy atom. The highest BCUT2D eigenvalue weighted by Gasteiger charge is 2.30. The van der Waals surface area contributed by atoms with E-state index in [0.29, 0.717) is 25.1 Å². The zero-order valence-electron chi connectivity index (χ0n) is 15.1. The van der Waals surface area contributed by atoms with Crippen molar-refractivity contribution in [2.45, 2.75) is 33.7 Å². The Balaban J connectivity index is 1.76. The van der Waals surface area contributed by atoms with Crippen molar-refractivity contribution in [3.8, 4) is 0 Å². The van der Waals surface area contributed by atoms with Crippen LogP contribution in [0.25, 0.3) is 10.2 Å². The van der Waals surface area contributed by atoms with Gasteiger partial charge >= 0.3 is 6.09 Å². The number of rotatable bonds is 3. The molecule has 0 unspecified atom stereocenters. The van der Waals surface area contributed by atoms with Crippen molar-refractivity contribution in [1.29, 1.82) is 0 Å². The summed E-state index contributed by atoms with van der Waals surface area (Å²) in [5.41, 5.74) is 0.960. The monoisotopic (exact) mass is 365 g/mol. The van der Waals surface area contributed by atoms with Crippen LogP contribution in [-0.4, -0.2) is 53.7 Å². The minimum Gasteiger partial charge on any atom is -0.450 e. The Morgan fingerprint density at radius 3 is 2.72 bits per heavy atom. The minimum atomic E-state index is -0.244. The largest absolute Gasteiger partial charge is 0.450 e. The van der Waals surface area contributed by atoms with E-state index >= 15 is 0 Å². The van der Waals surface area contributed by atoms with E-state index in [1.165, 1.54) is 4.90 Å². The number of thiophene rings is 1. The maximum atomic E-state index is 12.5. The van der Waals surface area contributed by atoms with Gasteiger partial charge in [0.1, 0.15) is 10.9 Å². The topological polar surface area (TPSA) is 79.7 Å². The summed E-state index contributed by atoms with van der Waals surface area (Å²) < 4.78 is 5.06. The number of H-pyrrole nitrogens is 1. The van der Waals surface area contributed by atoms with Crippen LogP contribution in [0.5, 0.6) is 0 Å². The smallest absolute Gasteiger partial charge is 0.410 e. The van der Waals surface area contributed by atoms with Crippen molar-refractivity contribution in [1.82, 2.24) is 14.9 Å². The summed E-state index contributed by atoms with van der Waals surface area (Å²) in [7, 11) is 0. The van der Waals surface area contributed by atoms with Crippen LogP contribution < -0.4 is 10.5 Å². The van der Waals surface area contributed by atoms with Gasteiger partial charge in [-0.05, 0) is 33.3 Å². The number of amides is 1. The van der Waals surface area contributed by atoms with E-state index in [4.69, 9.17) is 9.72 Å². The number of nitrogens with one attached hydrogen (secondary N) is 2. The third-order valence-corrected chi connectivity index (χ3v) is 6.11. The second kappa shape index (κ2) is 7.13. The number of carbonyl (C=O) groups is 1. The zero-order valence-corrected chi connectivity index (χ0v) is 16.0. The highest BCUT2D eigenvalue weighted by Crippen LogP contribution is 2.26. The third-order valence-electron chi connectivity index (χ3n) is 5.01. The lowest BCUT2D eigenvalue weighted by molar-refractivity contribution is -0.934. The minimum absolute atomic E-state index is 0.0572. The molecule has 2 aromatic rings. The highest BCUT2D eigenvalue weighted by molar-refractivity contribution is 7.18. The molecule has 1 amide bonds. The lowest BCUT2D eigenvalue weighted by Crippen LogP contribution is -3.14. The quantitative estimate of drug-likeness (QED) is 0.851. The first kappa shape index (κ1) is 17.9. The van der Waals surface area contributed by atoms with Gasteiger partial charge in [0.2, 0.25) is 0 Å². The van der Waals surface area contributed by atoms with Crippen LogP contribution in [-0.2, 0) is 4.74 Å². The summed E-state index contributed by atoms with van der Waals surface area (Å²) in [5.74, 6) is 0.721. The van der Waals surface area contributed by atoms with E-state index in [2.05, 4.69) is 11.9 Å². The van der Waals surface area contributed by atoms with Crippen molar-refractivity contribution in [2.75, 3.05) is 32.8 Å². The number of piperazine rings is 1. The van der Waals surface area contributed by atoms with E-state index in [1.807, 2.05) is 20.8 Å². The predicted molar refractivity (Wildman–Crippen MR) is 97.4 cm³/mol. The van der Waals surface area contributed by atoms with Gasteiger partial charge in [0.25, 0.3) is 5.56 Å². The van der Waals surface area contributed by atoms with E-state index in [1.54, 1.807) is 16.2 Å². The van der Waals surface area contributed by atoms with Gasteiger partial charge < -0.3 is 14.6 Å². The van der Waals surface area contributed by atoms with Crippen LogP contribution in [0.2, 0.25) is 0 Å². The molecule has 2 aromatic heterocycles. The molecule has 1 aliphatic rings. The van der Waals surface area contributed by atoms with Gasteiger partial charge in [-0.15, -0.1) is 11.3 Å². The molecule has 0 bridgehead atoms. The molecule has 2 N–H and O–H groups in total. The SMILES string of the molecule is CCOC(=O)N1CC[NH+]([C@H](C)c2nc3sc(C)c(C)c3c(=O)[nH]2)CC1. The Hall–Kier alpha value is -1.93. The van der Waals surface area contributed by atoms with Crippen LogP contribution in [0.3, 0.4) is 0 Å². The Morgan fingerprint density at radius 2 is 2.08 bits per heavy atom. The summed E-state index contributed by atoms with van der Waals surface area (Å²) in [5, 5.41) is 0.709. The first-order chi connectivity index (χ1) is 11.9. The maximum Gasteiger partial charge on any atom is 0.410 e. The van der Waals surface area contributed by atoms with Gasteiger partial charge in [-0.3, -0.25) is 9.69 Å². The molecule has 1 atom stereocenters. The molecule has 1 fully saturated rings. The van der Waals surface area contributed by atoms with Gasteiger partial charge in [0.15, 0.2) is 5.82 Å². The molecule has 8 heteroatoms. The Bertz CT molecular complexity index is 836. The van der Waals surface area contributed by atoms with Crippen molar-refractivity contribution < 1.29 is 14.4 Å². The number of quaternary nitrogens is 1. The predicted octanol–water partition coefficient (Wildman–Crippen LogP) is 1.02. The standard InChI is InChI=1S/C17H24N4O3S/c1-5-24-17(23)21-8-6-20(7-9-21)11(3)14-18-15(22)13-10(2)12(4)25-16(13)19-14/h11H,5-9H2,1-4H3,(H,18,19,22)/p+1/t11-/m1/s1. The molecule has 0 radical (unpaired) electrons. The van der Waals surface area contributed by atoms with Crippen molar-refractivity contribution in [3.63, 3.8) is 0 Å². The van der Waals surface area contributed by atoms with E-state index < -0.39 is 0 Å². The molecule has 3 heterocycles. The molecule has 0 aromatic carbocycles. The molecule has 7 nitrogen and oxygen atoms in total. The average Bonchev–Trinajstić information content (AvgIpc) is 2.89. The number of aromatic amines is 1. The molecular formula is C17H25N4O3S+. The summed E-state index contributed by atoms with van der Waals surface area (Å²) in [6.07, 6.45) is -0.244. The first-order valence-corrected chi connectivity index (χ1v) is 9.50. The van der Waals surface area contributed by atoms with Crippen molar-refractivity contribution in [3.05, 3.63) is 26.6 Å². The molecular weight excluding hydrogens is 340 g/mol. The normalized spacial score (nSPS) is 17.0. The number of ether oxygens (including phenoxy) is 1. The van der Waals surface area contributed by atoms with Gasteiger partial charge in [-0.1, -0.05) is 0 Å². The van der Waals surface area contributed by atoms with E-state index in [0.717, 1.165) is 34.2 Å². The van der Waals surface area contributed by atoms with Gasteiger partial charge in [0.05, 0.1) is 38.2 Å². The molecule has 1 saturated heterocycles. The van der Waals surface area contributed by atoms with Gasteiger partial charge in [-0.2, -0.15) is 0 Å². The van der Waals surface area contributed by atoms with Crippen LogP contribution in [0.15, 0.2) is 4.79 Å². The summed E-state index contributed by atoms with van der Waals surface area (Å²) >= 11 is 1.57. The molecule has 136 valence electrons. The highest BCUT2D eigenvalue weighted by atomic mass is 32.1. The van der Waals surface area contributed by atoms with Gasteiger partial charge in [0, 0.05) is 4.88 Å². The molecule has 0 aliphatic carbocycles. The summed E-state index contributed by atoms with van der Waals surface area (Å²) in [6, 6.07) is 0.0733. The lowest BCUT2D eigenvalue weighted by atomic mass is 10.2. The second-order valence-electron chi connectivity index (χ2n) is 6.48. The fourth-order valence-electron chi connectivity index (χ4n) is 3.29. The number of nitrogens with zero attached hydrogens (tertiary/aromatic N) is 2. The lowest BCUT2D eigenvalue weighted by Gasteiger charge is -2.34. The first-order valence-electron chi connectivity index (χ1n) is 8.68. The molecule has 3 rings (SSSR count). The number of aryl methyl sites for hydroxylation is 2. The van der Waals surface area contributed by atoms with Crippen molar-refractivity contribution in [2.24, 2.45) is 0 Å². The molecule has 0 spiro atoms. The second-order valence-corrected chi connectivity index (χ2v) is 7.68. The zero-order chi connectivity index (χ0) is 18.1. The molecule has 25 heavy (non-hydrogen) atoms. The molecule has 0 saturated carbocycles. The average molecular weight is 365 g/mol. The number of carbonyl (C=O) groups excluding carboxylic acids is 1. The number of hydrogen-bond donors (Lipinski definition) is 2. The summed E-state index contributed by atoms with van der Waals surface area (Å²) in [4.78, 5) is 37.0. The van der Waals surface area contributed by atoms with Gasteiger partial charge in [-0.25, -0.2) is 9.78 Å². The van der Waals surface area contributed by atoms with E-state index in [-0.39, 0.29) is 17.7 Å². The Labute approximate surface area is 150 Å². The fraction of sp³-hybridized carbons (Fsp3) is 0.588. The number of hydrogen-bond acceptors (Lipinski definition) is 5. The van der Waals surface area contributed by atoms with Crippen LogP contribution >= 0.6 is 11.3 Å². The molecule has 1 aliphatic heterocycles. The maximum absolute atomic E-state index is 12.5. The number of fused-ring (bicyclic) bond motifs is 1. The number of aromatic nitrogens is 2. The van der Waals surface area contributed by atoms with Crippen LogP contribution in [0.1, 0.15) is 36.2 Å². The third kappa shape index (κ3) is 3.41. The van der Waals surface area contributed by atoms with Crippen molar-refractivity contribution >= 4 is 27.6 Å². The van der Waals surface area contributed by atoms with E-state index in [9.17, 15) is 9.59 Å². The van der Waals surface area contributed by atoms with Crippen LogP contribution in [0, 0.1) is 13.8 Å². The fourth-order valence-corrected chi connectivity index (χ4v) is 4.33. The summed E-state index contributed by atoms with van der Waals surface area (Å²) in [6.45, 7) is 11.2. The Kier molecular flexibility index (Phi) is 5.10.